The molecule has 2 aromatic rings. The van der Waals surface area contributed by atoms with Gasteiger partial charge in [0, 0.05) is 19.3 Å². The van der Waals surface area contributed by atoms with Gasteiger partial charge in [-0.05, 0) is 37.1 Å². The van der Waals surface area contributed by atoms with Crippen molar-refractivity contribution in [2.24, 2.45) is 0 Å². The number of halogens is 1. The number of nitrogens with zero attached hydrogens (tertiary/aromatic N) is 3. The van der Waals surface area contributed by atoms with Crippen molar-refractivity contribution in [2.75, 3.05) is 26.3 Å². The van der Waals surface area contributed by atoms with Crippen molar-refractivity contribution in [2.45, 2.75) is 19.9 Å². The number of morpholine rings is 1. The molecule has 128 valence electrons. The van der Waals surface area contributed by atoms with Crippen LogP contribution in [0, 0.1) is 12.7 Å². The molecule has 1 aromatic heterocycles. The van der Waals surface area contributed by atoms with E-state index < -0.39 is 0 Å². The number of benzene rings is 1. The van der Waals surface area contributed by atoms with Crippen LogP contribution in [0.4, 0.5) is 9.18 Å². The Morgan fingerprint density at radius 3 is 2.75 bits per heavy atom. The van der Waals surface area contributed by atoms with Gasteiger partial charge >= 0.3 is 6.03 Å². The van der Waals surface area contributed by atoms with Crippen molar-refractivity contribution in [3.63, 3.8) is 0 Å². The Labute approximate surface area is 140 Å². The monoisotopic (exact) mass is 332 g/mol. The van der Waals surface area contributed by atoms with Crippen LogP contribution in [0.2, 0.25) is 0 Å². The second-order valence-corrected chi connectivity index (χ2v) is 5.94. The lowest BCUT2D eigenvalue weighted by Gasteiger charge is -2.28. The van der Waals surface area contributed by atoms with Crippen LogP contribution in [0.3, 0.4) is 0 Å². The highest BCUT2D eigenvalue weighted by Crippen LogP contribution is 2.20. The number of carbonyl (C=O) groups is 1. The fourth-order valence-corrected chi connectivity index (χ4v) is 2.65. The second kappa shape index (κ2) is 7.00. The van der Waals surface area contributed by atoms with Gasteiger partial charge < -0.3 is 15.0 Å². The van der Waals surface area contributed by atoms with Crippen molar-refractivity contribution in [1.29, 1.82) is 0 Å². The van der Waals surface area contributed by atoms with E-state index in [0.717, 1.165) is 5.56 Å². The van der Waals surface area contributed by atoms with Crippen LogP contribution in [0.25, 0.3) is 5.69 Å². The fourth-order valence-electron chi connectivity index (χ4n) is 2.65. The number of urea groups is 1. The van der Waals surface area contributed by atoms with Gasteiger partial charge in [0.2, 0.25) is 0 Å². The molecule has 6 nitrogen and oxygen atoms in total. The summed E-state index contributed by atoms with van der Waals surface area (Å²) in [6.45, 7) is 5.99. The summed E-state index contributed by atoms with van der Waals surface area (Å²) in [6.07, 6.45) is 3.44. The molecule has 1 aliphatic heterocycles. The maximum atomic E-state index is 14.4. The van der Waals surface area contributed by atoms with E-state index in [4.69, 9.17) is 4.74 Å². The highest BCUT2D eigenvalue weighted by atomic mass is 19.1. The summed E-state index contributed by atoms with van der Waals surface area (Å²) in [5.74, 6) is -0.372. The molecular formula is C17H21FN4O2. The number of ether oxygens (including phenoxy) is 1. The maximum Gasteiger partial charge on any atom is 0.318 e. The van der Waals surface area contributed by atoms with E-state index in [1.807, 2.05) is 13.8 Å². The lowest BCUT2D eigenvalue weighted by molar-refractivity contribution is 0.0526. The zero-order valence-corrected chi connectivity index (χ0v) is 13.8. The van der Waals surface area contributed by atoms with Crippen molar-refractivity contribution < 1.29 is 13.9 Å². The minimum Gasteiger partial charge on any atom is -0.378 e. The van der Waals surface area contributed by atoms with E-state index in [0.29, 0.717) is 37.6 Å². The molecule has 1 N–H and O–H groups in total. The zero-order valence-electron chi connectivity index (χ0n) is 13.8. The molecule has 24 heavy (non-hydrogen) atoms. The molecule has 0 aliphatic carbocycles. The molecule has 0 saturated carbocycles. The summed E-state index contributed by atoms with van der Waals surface area (Å²) in [7, 11) is 0. The van der Waals surface area contributed by atoms with Crippen LogP contribution >= 0.6 is 0 Å². The fraction of sp³-hybridized carbons (Fsp3) is 0.412. The zero-order chi connectivity index (χ0) is 17.1. The molecule has 3 rings (SSSR count). The summed E-state index contributed by atoms with van der Waals surface area (Å²) in [6, 6.07) is 4.48. The van der Waals surface area contributed by atoms with E-state index in [1.165, 1.54) is 10.7 Å². The first kappa shape index (κ1) is 16.4. The molecule has 0 bridgehead atoms. The Bertz CT molecular complexity index is 725. The third-order valence-corrected chi connectivity index (χ3v) is 4.07. The normalized spacial score (nSPS) is 16.0. The quantitative estimate of drug-likeness (QED) is 0.939. The number of amides is 2. The van der Waals surface area contributed by atoms with Crippen LogP contribution < -0.4 is 5.32 Å². The number of aromatic nitrogens is 2. The molecule has 1 saturated heterocycles. The van der Waals surface area contributed by atoms with Gasteiger partial charge in [-0.3, -0.25) is 0 Å². The van der Waals surface area contributed by atoms with Crippen LogP contribution in [-0.2, 0) is 4.74 Å². The summed E-state index contributed by atoms with van der Waals surface area (Å²) >= 11 is 0. The standard InChI is InChI=1S/C17H21FN4O2/c1-12-10-19-22(11-12)16-4-3-14(9-15(16)18)13(2)20-17(23)21-5-7-24-8-6-21/h3-4,9-11,13H,5-8H2,1-2H3,(H,20,23)/t13-/m0/s1. The highest BCUT2D eigenvalue weighted by molar-refractivity contribution is 5.74. The first-order valence-electron chi connectivity index (χ1n) is 7.99. The molecule has 0 unspecified atom stereocenters. The Kier molecular flexibility index (Phi) is 4.80. The van der Waals surface area contributed by atoms with Gasteiger partial charge in [-0.1, -0.05) is 6.07 Å². The predicted molar refractivity (Wildman–Crippen MR) is 87.6 cm³/mol. The van der Waals surface area contributed by atoms with Crippen molar-refractivity contribution in [3.05, 3.63) is 47.5 Å². The third kappa shape index (κ3) is 3.56. The molecule has 1 aromatic carbocycles. The topological polar surface area (TPSA) is 59.4 Å². The minimum atomic E-state index is -0.372. The predicted octanol–water partition coefficient (Wildman–Crippen LogP) is 2.42. The Morgan fingerprint density at radius 1 is 1.38 bits per heavy atom. The van der Waals surface area contributed by atoms with E-state index in [-0.39, 0.29) is 17.9 Å². The van der Waals surface area contributed by atoms with Gasteiger partial charge in [0.1, 0.15) is 11.5 Å². The summed E-state index contributed by atoms with van der Waals surface area (Å²) in [5.41, 5.74) is 2.06. The minimum absolute atomic E-state index is 0.155. The van der Waals surface area contributed by atoms with Gasteiger partial charge in [0.25, 0.3) is 0 Å². The smallest absolute Gasteiger partial charge is 0.318 e. The van der Waals surface area contributed by atoms with E-state index in [9.17, 15) is 9.18 Å². The van der Waals surface area contributed by atoms with Crippen LogP contribution in [0.5, 0.6) is 0 Å². The number of rotatable bonds is 3. The van der Waals surface area contributed by atoms with Gasteiger partial charge in [-0.2, -0.15) is 5.10 Å². The molecule has 1 aliphatic rings. The summed E-state index contributed by atoms with van der Waals surface area (Å²) in [4.78, 5) is 13.9. The summed E-state index contributed by atoms with van der Waals surface area (Å²) in [5, 5.41) is 7.02. The molecular weight excluding hydrogens is 311 g/mol. The van der Waals surface area contributed by atoms with Crippen LogP contribution in [-0.4, -0.2) is 47.0 Å². The first-order chi connectivity index (χ1) is 11.5. The average Bonchev–Trinajstić information content (AvgIpc) is 3.01. The average molecular weight is 332 g/mol. The Hall–Kier alpha value is -2.41. The molecule has 2 heterocycles. The van der Waals surface area contributed by atoms with Crippen LogP contribution in [0.1, 0.15) is 24.1 Å². The van der Waals surface area contributed by atoms with Gasteiger partial charge in [0.15, 0.2) is 0 Å². The van der Waals surface area contributed by atoms with Crippen LogP contribution in [0.15, 0.2) is 30.6 Å². The third-order valence-electron chi connectivity index (χ3n) is 4.07. The lowest BCUT2D eigenvalue weighted by atomic mass is 10.1. The molecule has 0 spiro atoms. The summed E-state index contributed by atoms with van der Waals surface area (Å²) < 4.78 is 21.1. The first-order valence-corrected chi connectivity index (χ1v) is 7.99. The van der Waals surface area contributed by atoms with Gasteiger partial charge in [-0.25, -0.2) is 13.9 Å². The number of hydrogen-bond acceptors (Lipinski definition) is 3. The largest absolute Gasteiger partial charge is 0.378 e. The molecule has 2 amide bonds. The van der Waals surface area contributed by atoms with Gasteiger partial charge in [-0.15, -0.1) is 0 Å². The number of nitrogens with one attached hydrogen (secondary N) is 1. The van der Waals surface area contributed by atoms with Gasteiger partial charge in [0.05, 0.1) is 25.5 Å². The van der Waals surface area contributed by atoms with Crippen molar-refractivity contribution in [1.82, 2.24) is 20.0 Å². The Morgan fingerprint density at radius 2 is 2.12 bits per heavy atom. The van der Waals surface area contributed by atoms with Crippen molar-refractivity contribution >= 4 is 6.03 Å². The van der Waals surface area contributed by atoms with Crippen molar-refractivity contribution in [3.8, 4) is 5.69 Å². The van der Waals surface area contributed by atoms with E-state index >= 15 is 0 Å². The second-order valence-electron chi connectivity index (χ2n) is 5.94. The number of hydrogen-bond donors (Lipinski definition) is 1. The SMILES string of the molecule is Cc1cnn(-c2ccc([C@H](C)NC(=O)N3CCOCC3)cc2F)c1. The number of carbonyl (C=O) groups excluding carboxylic acids is 1. The molecule has 0 radical (unpaired) electrons. The van der Waals surface area contributed by atoms with E-state index in [2.05, 4.69) is 10.4 Å². The maximum absolute atomic E-state index is 14.4. The molecule has 1 atom stereocenters. The molecule has 1 fully saturated rings. The number of aryl methyl sites for hydroxylation is 1. The molecule has 7 heteroatoms. The lowest BCUT2D eigenvalue weighted by Crippen LogP contribution is -2.46. The highest BCUT2D eigenvalue weighted by Gasteiger charge is 2.19. The van der Waals surface area contributed by atoms with E-state index in [1.54, 1.807) is 29.4 Å². The Balaban J connectivity index is 1.70.